The number of nitrogens with zero attached hydrogens (tertiary/aromatic N) is 3. The summed E-state index contributed by atoms with van der Waals surface area (Å²) >= 11 is 0. The minimum Gasteiger partial charge on any atom is -0.490 e. The van der Waals surface area contributed by atoms with Crippen LogP contribution in [-0.2, 0) is 9.59 Å². The molecule has 7 heteroatoms. The number of rotatable bonds is 4. The molecule has 1 amide bonds. The summed E-state index contributed by atoms with van der Waals surface area (Å²) in [7, 11) is 0. The fourth-order valence-electron chi connectivity index (χ4n) is 4.15. The van der Waals surface area contributed by atoms with Crippen LogP contribution in [0.5, 0.6) is 5.75 Å². The molecule has 164 valence electrons. The smallest absolute Gasteiger partial charge is 0.250 e. The van der Waals surface area contributed by atoms with Gasteiger partial charge in [0.1, 0.15) is 12.4 Å². The SMILES string of the molecule is C=CC(=O)N1CCOc2ccc(Nc3ncc4cc(C5=C(C)C=CCC5=O)ccc4n3)cc21. The number of allylic oxidation sites excluding steroid dienone is 4. The number of nitrogens with one attached hydrogen (secondary N) is 1. The van der Waals surface area contributed by atoms with Crippen molar-refractivity contribution in [3.63, 3.8) is 0 Å². The van der Waals surface area contributed by atoms with Crippen molar-refractivity contribution in [2.24, 2.45) is 0 Å². The molecule has 3 aromatic rings. The van der Waals surface area contributed by atoms with Gasteiger partial charge in [-0.25, -0.2) is 9.97 Å². The fourth-order valence-corrected chi connectivity index (χ4v) is 4.15. The van der Waals surface area contributed by atoms with Gasteiger partial charge in [-0.05, 0) is 54.5 Å². The lowest BCUT2D eigenvalue weighted by Gasteiger charge is -2.29. The standard InChI is InChI=1S/C26H22N4O3/c1-3-24(32)30-11-12-33-23-10-8-19(14-21(23)30)28-26-27-15-18-13-17(7-9-20(18)29-26)25-16(2)5-4-6-22(25)31/h3-5,7-10,13-15H,1,6,11-12H2,2H3,(H,27,28,29). The number of ether oxygens (including phenoxy) is 1. The molecular formula is C26H22N4O3. The molecule has 1 N–H and O–H groups in total. The number of aromatic nitrogens is 2. The Morgan fingerprint density at radius 1 is 1.24 bits per heavy atom. The highest BCUT2D eigenvalue weighted by Crippen LogP contribution is 2.35. The van der Waals surface area contributed by atoms with E-state index in [0.29, 0.717) is 37.0 Å². The molecule has 0 unspecified atom stereocenters. The third-order valence-corrected chi connectivity index (χ3v) is 5.73. The van der Waals surface area contributed by atoms with Gasteiger partial charge in [-0.1, -0.05) is 24.8 Å². The van der Waals surface area contributed by atoms with Gasteiger partial charge >= 0.3 is 0 Å². The van der Waals surface area contributed by atoms with Crippen LogP contribution in [0, 0.1) is 0 Å². The summed E-state index contributed by atoms with van der Waals surface area (Å²) in [6.45, 7) is 6.43. The molecule has 33 heavy (non-hydrogen) atoms. The number of hydrogen-bond acceptors (Lipinski definition) is 6. The maximum Gasteiger partial charge on any atom is 0.250 e. The second-order valence-corrected chi connectivity index (χ2v) is 7.90. The molecule has 2 aliphatic rings. The van der Waals surface area contributed by atoms with E-state index >= 15 is 0 Å². The highest BCUT2D eigenvalue weighted by Gasteiger charge is 2.22. The predicted molar refractivity (Wildman–Crippen MR) is 129 cm³/mol. The Labute approximate surface area is 191 Å². The van der Waals surface area contributed by atoms with Crippen molar-refractivity contribution >= 4 is 45.5 Å². The van der Waals surface area contributed by atoms with Crippen LogP contribution in [0.3, 0.4) is 0 Å². The van der Waals surface area contributed by atoms with Gasteiger partial charge in [-0.2, -0.15) is 0 Å². The summed E-state index contributed by atoms with van der Waals surface area (Å²) in [5.74, 6) is 1.02. The first-order chi connectivity index (χ1) is 16.0. The summed E-state index contributed by atoms with van der Waals surface area (Å²) in [5.41, 5.74) is 4.76. The van der Waals surface area contributed by atoms with Crippen LogP contribution < -0.4 is 15.0 Å². The number of ketones is 1. The molecule has 0 saturated carbocycles. The number of carbonyl (C=O) groups is 2. The Hall–Kier alpha value is -4.26. The van der Waals surface area contributed by atoms with E-state index in [4.69, 9.17) is 4.74 Å². The summed E-state index contributed by atoms with van der Waals surface area (Å²) in [5, 5.41) is 4.05. The van der Waals surface area contributed by atoms with E-state index in [-0.39, 0.29) is 11.7 Å². The number of amides is 1. The van der Waals surface area contributed by atoms with Gasteiger partial charge in [0.2, 0.25) is 5.95 Å². The zero-order valence-corrected chi connectivity index (χ0v) is 18.2. The van der Waals surface area contributed by atoms with Crippen molar-refractivity contribution in [1.29, 1.82) is 0 Å². The number of benzene rings is 2. The Balaban J connectivity index is 1.44. The molecule has 0 fully saturated rings. The minimum absolute atomic E-state index is 0.119. The molecular weight excluding hydrogens is 416 g/mol. The van der Waals surface area contributed by atoms with Crippen molar-refractivity contribution in [3.8, 4) is 5.75 Å². The Kier molecular flexibility index (Phi) is 5.22. The van der Waals surface area contributed by atoms with Gasteiger partial charge in [-0.3, -0.25) is 9.59 Å². The van der Waals surface area contributed by atoms with Gasteiger partial charge in [0, 0.05) is 29.3 Å². The quantitative estimate of drug-likeness (QED) is 0.600. The maximum absolute atomic E-state index is 12.4. The first kappa shape index (κ1) is 20.6. The van der Waals surface area contributed by atoms with Gasteiger partial charge in [0.05, 0.1) is 17.7 Å². The van der Waals surface area contributed by atoms with E-state index < -0.39 is 0 Å². The molecule has 1 aliphatic carbocycles. The normalized spacial score (nSPS) is 15.3. The molecule has 0 bridgehead atoms. The summed E-state index contributed by atoms with van der Waals surface area (Å²) in [4.78, 5) is 35.3. The molecule has 2 aromatic carbocycles. The maximum atomic E-state index is 12.4. The second-order valence-electron chi connectivity index (χ2n) is 7.90. The van der Waals surface area contributed by atoms with Crippen LogP contribution in [0.1, 0.15) is 18.9 Å². The second kappa shape index (κ2) is 8.35. The van der Waals surface area contributed by atoms with Crippen LogP contribution in [0.4, 0.5) is 17.3 Å². The van der Waals surface area contributed by atoms with E-state index in [9.17, 15) is 9.59 Å². The minimum atomic E-state index is -0.174. The average Bonchev–Trinajstić information content (AvgIpc) is 2.83. The van der Waals surface area contributed by atoms with Crippen molar-refractivity contribution in [2.45, 2.75) is 13.3 Å². The lowest BCUT2D eigenvalue weighted by Crippen LogP contribution is -2.36. The Morgan fingerprint density at radius 2 is 2.12 bits per heavy atom. The third-order valence-electron chi connectivity index (χ3n) is 5.73. The molecule has 1 aromatic heterocycles. The molecule has 5 rings (SSSR count). The van der Waals surface area contributed by atoms with E-state index in [2.05, 4.69) is 21.9 Å². The first-order valence-corrected chi connectivity index (χ1v) is 10.7. The Bertz CT molecular complexity index is 1370. The monoisotopic (exact) mass is 438 g/mol. The summed E-state index contributed by atoms with van der Waals surface area (Å²) < 4.78 is 5.67. The topological polar surface area (TPSA) is 84.4 Å². The number of anilines is 3. The molecule has 0 radical (unpaired) electrons. The van der Waals surface area contributed by atoms with E-state index in [1.807, 2.05) is 55.5 Å². The van der Waals surface area contributed by atoms with Crippen LogP contribution in [0.25, 0.3) is 16.5 Å². The molecule has 0 spiro atoms. The van der Waals surface area contributed by atoms with E-state index in [1.54, 1.807) is 11.1 Å². The highest BCUT2D eigenvalue weighted by atomic mass is 16.5. The van der Waals surface area contributed by atoms with Crippen LogP contribution in [-0.4, -0.2) is 34.8 Å². The fraction of sp³-hybridized carbons (Fsp3) is 0.154. The van der Waals surface area contributed by atoms with Crippen molar-refractivity contribution < 1.29 is 14.3 Å². The van der Waals surface area contributed by atoms with Crippen LogP contribution in [0.2, 0.25) is 0 Å². The number of fused-ring (bicyclic) bond motifs is 2. The van der Waals surface area contributed by atoms with Gasteiger partial charge in [0.25, 0.3) is 5.91 Å². The zero-order valence-electron chi connectivity index (χ0n) is 18.2. The van der Waals surface area contributed by atoms with Crippen molar-refractivity contribution in [1.82, 2.24) is 9.97 Å². The van der Waals surface area contributed by atoms with Gasteiger partial charge in [0.15, 0.2) is 5.78 Å². The summed E-state index contributed by atoms with van der Waals surface area (Å²) in [6.07, 6.45) is 7.33. The molecule has 2 heterocycles. The number of Topliss-reactive ketones (excluding diaryl/α,β-unsaturated/α-hetero) is 1. The average molecular weight is 438 g/mol. The Morgan fingerprint density at radius 3 is 2.94 bits per heavy atom. The highest BCUT2D eigenvalue weighted by molar-refractivity contribution is 6.23. The molecule has 1 aliphatic heterocycles. The van der Waals surface area contributed by atoms with Crippen LogP contribution >= 0.6 is 0 Å². The molecule has 7 nitrogen and oxygen atoms in total. The lowest BCUT2D eigenvalue weighted by atomic mass is 9.91. The van der Waals surface area contributed by atoms with E-state index in [1.165, 1.54) is 6.08 Å². The predicted octanol–water partition coefficient (Wildman–Crippen LogP) is 4.59. The number of hydrogen-bond donors (Lipinski definition) is 1. The van der Waals surface area contributed by atoms with Crippen LogP contribution in [0.15, 0.2) is 73.0 Å². The largest absolute Gasteiger partial charge is 0.490 e. The molecule has 0 saturated heterocycles. The van der Waals surface area contributed by atoms with Crippen molar-refractivity contribution in [3.05, 3.63) is 78.5 Å². The third kappa shape index (κ3) is 3.89. The van der Waals surface area contributed by atoms with Crippen molar-refractivity contribution in [2.75, 3.05) is 23.4 Å². The molecule has 0 atom stereocenters. The number of carbonyl (C=O) groups excluding carboxylic acids is 2. The lowest BCUT2D eigenvalue weighted by molar-refractivity contribution is -0.114. The van der Waals surface area contributed by atoms with Gasteiger partial charge < -0.3 is 15.0 Å². The summed E-state index contributed by atoms with van der Waals surface area (Å²) in [6, 6.07) is 11.3. The van der Waals surface area contributed by atoms with Gasteiger partial charge in [-0.15, -0.1) is 0 Å². The van der Waals surface area contributed by atoms with E-state index in [0.717, 1.165) is 33.3 Å². The first-order valence-electron chi connectivity index (χ1n) is 10.7. The zero-order chi connectivity index (χ0) is 22.9.